The summed E-state index contributed by atoms with van der Waals surface area (Å²) in [6, 6.07) is 2.01. The standard InChI is InChI=1S/C22H28F3N3O2.C2H3F3/c23-22(24,25)17-7-16-10-28(6-5-19(16)26-9-17)21(29)13-3-4-18(8-13)27-20-14-1-2-15(20)12-30-11-14;1-2(3,4)5/h7,9,13-15,18,20,27H,1-6,8,10-12H2;1H3. The molecule has 1 saturated heterocycles. The van der Waals surface area contributed by atoms with Crippen LogP contribution < -0.4 is 5.32 Å². The normalized spacial score (nSPS) is 30.5. The van der Waals surface area contributed by atoms with Crippen molar-refractivity contribution >= 4 is 5.91 Å². The van der Waals surface area contributed by atoms with Crippen molar-refractivity contribution in [3.63, 3.8) is 0 Å². The van der Waals surface area contributed by atoms with Gasteiger partial charge in [0.1, 0.15) is 0 Å². The maximum Gasteiger partial charge on any atom is 0.417 e. The molecule has 3 heterocycles. The molecular weight excluding hydrogens is 476 g/mol. The van der Waals surface area contributed by atoms with Crippen molar-refractivity contribution in [2.45, 2.75) is 76.4 Å². The van der Waals surface area contributed by atoms with Gasteiger partial charge >= 0.3 is 12.4 Å². The second-order valence-electron chi connectivity index (χ2n) is 10.2. The number of pyridine rings is 1. The fourth-order valence-corrected chi connectivity index (χ4v) is 5.85. The van der Waals surface area contributed by atoms with E-state index in [4.69, 9.17) is 4.74 Å². The molecule has 5 rings (SSSR count). The third kappa shape index (κ3) is 6.67. The highest BCUT2D eigenvalue weighted by Gasteiger charge is 2.42. The first-order valence-corrected chi connectivity index (χ1v) is 12.1. The average Bonchev–Trinajstić information content (AvgIpc) is 3.31. The van der Waals surface area contributed by atoms with Crippen LogP contribution in [-0.2, 0) is 28.7 Å². The summed E-state index contributed by atoms with van der Waals surface area (Å²) in [4.78, 5) is 18.8. The molecule has 5 nitrogen and oxygen atoms in total. The summed E-state index contributed by atoms with van der Waals surface area (Å²) in [6.45, 7) is 2.62. The zero-order valence-corrected chi connectivity index (χ0v) is 19.6. The van der Waals surface area contributed by atoms with E-state index in [1.54, 1.807) is 4.90 Å². The van der Waals surface area contributed by atoms with Gasteiger partial charge in [-0.05, 0) is 55.6 Å². The molecule has 1 amide bonds. The lowest BCUT2D eigenvalue weighted by Crippen LogP contribution is -2.48. The number of carbonyl (C=O) groups excluding carboxylic acids is 1. The molecule has 196 valence electrons. The molecule has 0 spiro atoms. The fourth-order valence-electron chi connectivity index (χ4n) is 5.85. The second kappa shape index (κ2) is 10.2. The molecule has 1 aromatic rings. The Hall–Kier alpha value is -1.88. The van der Waals surface area contributed by atoms with Crippen LogP contribution in [0.2, 0.25) is 0 Å². The highest BCUT2D eigenvalue weighted by molar-refractivity contribution is 5.79. The maximum atomic E-state index is 13.1. The summed E-state index contributed by atoms with van der Waals surface area (Å²) in [5.74, 6) is 1.22. The Morgan fingerprint density at radius 3 is 2.37 bits per heavy atom. The number of alkyl halides is 6. The van der Waals surface area contributed by atoms with Gasteiger partial charge in [-0.15, -0.1) is 0 Å². The van der Waals surface area contributed by atoms with Crippen molar-refractivity contribution in [3.8, 4) is 0 Å². The molecule has 2 bridgehead atoms. The first-order valence-electron chi connectivity index (χ1n) is 12.1. The largest absolute Gasteiger partial charge is 0.417 e. The lowest BCUT2D eigenvalue weighted by atomic mass is 9.95. The van der Waals surface area contributed by atoms with E-state index < -0.39 is 17.9 Å². The van der Waals surface area contributed by atoms with E-state index in [2.05, 4.69) is 10.3 Å². The van der Waals surface area contributed by atoms with Crippen LogP contribution in [0.1, 0.15) is 55.8 Å². The molecule has 4 unspecified atom stereocenters. The molecule has 0 radical (unpaired) electrons. The number of aromatic nitrogens is 1. The molecule has 3 fully saturated rings. The minimum absolute atomic E-state index is 0.0414. The van der Waals surface area contributed by atoms with Crippen LogP contribution in [0.3, 0.4) is 0 Å². The molecule has 2 saturated carbocycles. The van der Waals surface area contributed by atoms with Gasteiger partial charge in [-0.3, -0.25) is 9.78 Å². The van der Waals surface area contributed by atoms with Crippen molar-refractivity contribution in [1.29, 1.82) is 0 Å². The Morgan fingerprint density at radius 2 is 1.74 bits per heavy atom. The second-order valence-corrected chi connectivity index (χ2v) is 10.2. The minimum atomic E-state index is -4.41. The molecule has 1 N–H and O–H groups in total. The Kier molecular flexibility index (Phi) is 7.66. The van der Waals surface area contributed by atoms with E-state index in [1.165, 1.54) is 12.8 Å². The third-order valence-electron chi connectivity index (χ3n) is 7.48. The predicted octanol–water partition coefficient (Wildman–Crippen LogP) is 4.74. The SMILES string of the molecule is CC(F)(F)F.O=C(C1CCC(NC2C3CCC2COC3)C1)N1CCc2ncc(C(F)(F)F)cc2C1. The van der Waals surface area contributed by atoms with Crippen molar-refractivity contribution in [2.75, 3.05) is 19.8 Å². The third-order valence-corrected chi connectivity index (χ3v) is 7.48. The Morgan fingerprint density at radius 1 is 1.09 bits per heavy atom. The smallest absolute Gasteiger partial charge is 0.381 e. The summed E-state index contributed by atoms with van der Waals surface area (Å²) in [6.07, 6.45) is -1.91. The summed E-state index contributed by atoms with van der Waals surface area (Å²) >= 11 is 0. The lowest BCUT2D eigenvalue weighted by Gasteiger charge is -2.33. The number of amides is 1. The van der Waals surface area contributed by atoms with Gasteiger partial charge in [0, 0.05) is 56.3 Å². The number of ether oxygens (including phenoxy) is 1. The fraction of sp³-hybridized carbons (Fsp3) is 0.750. The predicted molar refractivity (Wildman–Crippen MR) is 115 cm³/mol. The summed E-state index contributed by atoms with van der Waals surface area (Å²) in [7, 11) is 0. The van der Waals surface area contributed by atoms with E-state index in [0.717, 1.165) is 44.7 Å². The maximum absolute atomic E-state index is 13.1. The van der Waals surface area contributed by atoms with Gasteiger partial charge in [-0.2, -0.15) is 26.3 Å². The Bertz CT molecular complexity index is 884. The van der Waals surface area contributed by atoms with Crippen LogP contribution in [-0.4, -0.2) is 53.8 Å². The van der Waals surface area contributed by atoms with Crippen molar-refractivity contribution in [3.05, 3.63) is 29.1 Å². The number of halogens is 6. The van der Waals surface area contributed by atoms with Gasteiger partial charge in [-0.25, -0.2) is 0 Å². The van der Waals surface area contributed by atoms with Gasteiger partial charge in [0.15, 0.2) is 0 Å². The van der Waals surface area contributed by atoms with E-state index >= 15 is 0 Å². The van der Waals surface area contributed by atoms with Crippen LogP contribution >= 0.6 is 0 Å². The quantitative estimate of drug-likeness (QED) is 0.601. The first kappa shape index (κ1) is 26.2. The molecule has 35 heavy (non-hydrogen) atoms. The Labute approximate surface area is 200 Å². The highest BCUT2D eigenvalue weighted by Crippen LogP contribution is 2.38. The number of hydrogen-bond acceptors (Lipinski definition) is 4. The lowest BCUT2D eigenvalue weighted by molar-refractivity contribution is -0.138. The van der Waals surface area contributed by atoms with Gasteiger partial charge < -0.3 is 15.0 Å². The molecule has 11 heteroatoms. The molecule has 4 aliphatic rings. The molecule has 2 aliphatic carbocycles. The van der Waals surface area contributed by atoms with Gasteiger partial charge in [-0.1, -0.05) is 0 Å². The number of fused-ring (bicyclic) bond motifs is 3. The van der Waals surface area contributed by atoms with E-state index in [-0.39, 0.29) is 25.3 Å². The summed E-state index contributed by atoms with van der Waals surface area (Å²) < 4.78 is 75.8. The zero-order valence-electron chi connectivity index (χ0n) is 19.6. The van der Waals surface area contributed by atoms with Gasteiger partial charge in [0.25, 0.3) is 0 Å². The summed E-state index contributed by atoms with van der Waals surface area (Å²) in [5, 5.41) is 3.82. The van der Waals surface area contributed by atoms with E-state index in [9.17, 15) is 31.1 Å². The summed E-state index contributed by atoms with van der Waals surface area (Å²) in [5.41, 5.74) is 0.454. The molecule has 2 aliphatic heterocycles. The van der Waals surface area contributed by atoms with E-state index in [1.807, 2.05) is 0 Å². The van der Waals surface area contributed by atoms with Gasteiger partial charge in [0.05, 0.1) is 18.8 Å². The number of carbonyl (C=O) groups is 1. The monoisotopic (exact) mass is 507 g/mol. The Balaban J connectivity index is 0.000000527. The number of rotatable bonds is 3. The molecule has 1 aromatic heterocycles. The minimum Gasteiger partial charge on any atom is -0.381 e. The van der Waals surface area contributed by atoms with Crippen molar-refractivity contribution in [2.24, 2.45) is 17.8 Å². The molecule has 4 atom stereocenters. The first-order chi connectivity index (χ1) is 16.4. The van der Waals surface area contributed by atoms with Gasteiger partial charge in [0.2, 0.25) is 5.91 Å². The van der Waals surface area contributed by atoms with E-state index in [0.29, 0.717) is 48.1 Å². The molecule has 0 aromatic carbocycles. The number of hydrogen-bond donors (Lipinski definition) is 1. The van der Waals surface area contributed by atoms with Crippen LogP contribution in [0.15, 0.2) is 12.3 Å². The van der Waals surface area contributed by atoms with Crippen LogP contribution in [0.5, 0.6) is 0 Å². The number of nitrogens with zero attached hydrogens (tertiary/aromatic N) is 2. The number of nitrogens with one attached hydrogen (secondary N) is 1. The van der Waals surface area contributed by atoms with Crippen molar-refractivity contribution < 1.29 is 35.9 Å². The van der Waals surface area contributed by atoms with Crippen LogP contribution in [0.4, 0.5) is 26.3 Å². The highest BCUT2D eigenvalue weighted by atomic mass is 19.4. The van der Waals surface area contributed by atoms with Crippen LogP contribution in [0, 0.1) is 17.8 Å². The van der Waals surface area contributed by atoms with Crippen molar-refractivity contribution in [1.82, 2.24) is 15.2 Å². The average molecular weight is 508 g/mol. The zero-order chi connectivity index (χ0) is 25.4. The topological polar surface area (TPSA) is 54.5 Å². The molecular formula is C24H31F6N3O2. The van der Waals surface area contributed by atoms with Crippen LogP contribution in [0.25, 0.3) is 0 Å².